The zero-order chi connectivity index (χ0) is 66.9. The topological polar surface area (TPSA) is 9.72 Å². The lowest BCUT2D eigenvalue weighted by Gasteiger charge is -2.49. The first kappa shape index (κ1) is 60.5. The highest BCUT2D eigenvalue weighted by atomic mass is 15.3. The summed E-state index contributed by atoms with van der Waals surface area (Å²) in [6.07, 6.45) is 10.9. The van der Waals surface area contributed by atoms with E-state index in [4.69, 9.17) is 0 Å². The average molecular weight is 1280 g/mol. The molecule has 3 fully saturated rings. The van der Waals surface area contributed by atoms with Crippen LogP contribution in [0.4, 0.5) is 34.1 Å². The van der Waals surface area contributed by atoms with Gasteiger partial charge in [-0.25, -0.2) is 0 Å². The molecular formula is C95H95N3. The van der Waals surface area contributed by atoms with Crippen molar-refractivity contribution < 1.29 is 0 Å². The molecule has 13 aromatic carbocycles. The lowest BCUT2D eigenvalue weighted by Crippen LogP contribution is -2.48. The van der Waals surface area contributed by atoms with Crippen molar-refractivity contribution in [1.82, 2.24) is 0 Å². The number of rotatable bonds is 6. The van der Waals surface area contributed by atoms with Gasteiger partial charge in [0.15, 0.2) is 0 Å². The quantitative estimate of drug-likeness (QED) is 0.164. The molecular weight excluding hydrogens is 1180 g/mol. The summed E-state index contributed by atoms with van der Waals surface area (Å²) in [5.41, 5.74) is 21.3. The van der Waals surface area contributed by atoms with Gasteiger partial charge in [0.25, 0.3) is 0 Å². The summed E-state index contributed by atoms with van der Waals surface area (Å²) in [4.78, 5) is 8.21. The summed E-state index contributed by atoms with van der Waals surface area (Å²) in [6.45, 7) is 30.0. The Labute approximate surface area is 581 Å². The SMILES string of the molecule is CC(C)(C)C1CCC2(C)C(C1)c1cc(-c3ccc4c5cc6c(cc5c5cccc3c54)c3ccc(-c4ccc5c(c4)C4CC(C(C)(C)C)CCC4(C)N5c4ccccc4)c4c(-c5ccc7c(c5)C5CC(C(C)(C)C)CCC5(C)N7c5ccccc5)ccc6c43)ccc1N2c1ccccc1. The minimum absolute atomic E-state index is 0.0153. The lowest BCUT2D eigenvalue weighted by molar-refractivity contribution is 0.127. The number of para-hydroxylation sites is 3. The summed E-state index contributed by atoms with van der Waals surface area (Å²) in [6, 6.07) is 84.1. The zero-order valence-electron chi connectivity index (χ0n) is 59.9. The zero-order valence-corrected chi connectivity index (χ0v) is 59.9. The molecule has 3 heterocycles. The van der Waals surface area contributed by atoms with E-state index in [-0.39, 0.29) is 32.9 Å². The molecule has 13 aromatic rings. The van der Waals surface area contributed by atoms with Gasteiger partial charge in [0.05, 0.1) is 0 Å². The van der Waals surface area contributed by atoms with E-state index in [0.717, 1.165) is 0 Å². The molecule has 19 rings (SSSR count). The number of hydrogen-bond donors (Lipinski definition) is 0. The standard InChI is InChI=1S/C95H95N3/c1-90(2,3)60-43-46-93(10)81(52-60)78-49-57(31-40-84(78)96(93)63-23-16-13-17-24-63)66-34-37-71-75-56-77-73-39-36-68(59-33-42-86-80(51-59)83-54-62(92(7,8)9)45-48-95(83,12)98(86)65-27-20-15-21-28-65)88-67(35-38-72(89(73)88)76(77)55-74(75)70-30-22-29-69(66)87(70)71)58-32-41-85-79(50-58)82-53-61(91(4,5)6)44-47-94(82,11)97(85)64-25-18-14-19-26-64/h13-42,49-51,55-56,60-62,81-83H,43-48,52-54H2,1-12H3. The van der Waals surface area contributed by atoms with Gasteiger partial charge in [0.1, 0.15) is 0 Å². The van der Waals surface area contributed by atoms with Crippen molar-refractivity contribution in [3.8, 4) is 33.4 Å². The molecule has 3 heteroatoms. The van der Waals surface area contributed by atoms with Gasteiger partial charge >= 0.3 is 0 Å². The van der Waals surface area contributed by atoms with Crippen molar-refractivity contribution in [2.75, 3.05) is 14.7 Å². The van der Waals surface area contributed by atoms with Crippen molar-refractivity contribution >= 4 is 98.8 Å². The molecule has 0 saturated heterocycles. The maximum Gasteiger partial charge on any atom is 0.0492 e. The Hall–Kier alpha value is -8.66. The van der Waals surface area contributed by atoms with Gasteiger partial charge in [0.2, 0.25) is 0 Å². The molecule has 490 valence electrons. The molecule has 3 aliphatic heterocycles. The molecule has 9 atom stereocenters. The summed E-state index contributed by atoms with van der Waals surface area (Å²) < 4.78 is 0. The maximum atomic E-state index is 2.75. The van der Waals surface area contributed by atoms with E-state index in [1.807, 2.05) is 0 Å². The first-order valence-electron chi connectivity index (χ1n) is 37.4. The Balaban J connectivity index is 0.801. The molecule has 3 nitrogen and oxygen atoms in total. The van der Waals surface area contributed by atoms with E-state index in [1.54, 1.807) is 0 Å². The van der Waals surface area contributed by atoms with E-state index in [2.05, 4.69) is 310 Å². The van der Waals surface area contributed by atoms with Crippen molar-refractivity contribution in [1.29, 1.82) is 0 Å². The van der Waals surface area contributed by atoms with Gasteiger partial charge in [-0.15, -0.1) is 0 Å². The van der Waals surface area contributed by atoms with Gasteiger partial charge in [-0.3, -0.25) is 0 Å². The number of anilines is 6. The molecule has 6 aliphatic rings. The summed E-state index contributed by atoms with van der Waals surface area (Å²) in [5, 5.41) is 16.3. The number of fused-ring (bicyclic) bond motifs is 15. The highest BCUT2D eigenvalue weighted by molar-refractivity contribution is 6.39. The van der Waals surface area contributed by atoms with E-state index in [0.29, 0.717) is 35.5 Å². The third-order valence-corrected chi connectivity index (χ3v) is 27.4. The molecule has 9 unspecified atom stereocenters. The number of benzene rings is 11. The summed E-state index contributed by atoms with van der Waals surface area (Å²) in [7, 11) is 0. The van der Waals surface area contributed by atoms with Crippen molar-refractivity contribution in [3.63, 3.8) is 0 Å². The molecule has 0 bridgehead atoms. The fraction of sp³-hybridized carbons (Fsp3) is 0.347. The third kappa shape index (κ3) is 8.59. The number of hydrogen-bond acceptors (Lipinski definition) is 3. The lowest BCUT2D eigenvalue weighted by atomic mass is 9.62. The second-order valence-corrected chi connectivity index (χ2v) is 35.5. The third-order valence-electron chi connectivity index (χ3n) is 27.4. The molecule has 0 N–H and O–H groups in total. The fourth-order valence-electron chi connectivity index (χ4n) is 21.9. The van der Waals surface area contributed by atoms with Crippen LogP contribution in [0, 0.1) is 34.0 Å². The second kappa shape index (κ2) is 21.0. The predicted octanol–water partition coefficient (Wildman–Crippen LogP) is 27.0. The van der Waals surface area contributed by atoms with E-state index >= 15 is 0 Å². The first-order valence-corrected chi connectivity index (χ1v) is 37.4. The second-order valence-electron chi connectivity index (χ2n) is 35.5. The highest BCUT2D eigenvalue weighted by Crippen LogP contribution is 2.65. The Bertz CT molecular complexity index is 5150. The van der Waals surface area contributed by atoms with Crippen LogP contribution in [0.25, 0.3) is 98.0 Å². The van der Waals surface area contributed by atoms with Crippen LogP contribution >= 0.6 is 0 Å². The van der Waals surface area contributed by atoms with E-state index in [1.165, 1.54) is 207 Å². The van der Waals surface area contributed by atoms with Gasteiger partial charge in [0, 0.05) is 68.5 Å². The van der Waals surface area contributed by atoms with Crippen LogP contribution < -0.4 is 14.7 Å². The van der Waals surface area contributed by atoms with E-state index < -0.39 is 0 Å². The van der Waals surface area contributed by atoms with Crippen LogP contribution in [0.5, 0.6) is 0 Å². The van der Waals surface area contributed by atoms with Gasteiger partial charge in [-0.2, -0.15) is 0 Å². The van der Waals surface area contributed by atoms with Gasteiger partial charge in [-0.05, 0) is 312 Å². The van der Waals surface area contributed by atoms with E-state index in [9.17, 15) is 0 Å². The predicted molar refractivity (Wildman–Crippen MR) is 420 cm³/mol. The van der Waals surface area contributed by atoms with Crippen LogP contribution in [-0.2, 0) is 0 Å². The smallest absolute Gasteiger partial charge is 0.0492 e. The van der Waals surface area contributed by atoms with Crippen LogP contribution in [0.2, 0.25) is 0 Å². The molecule has 0 radical (unpaired) electrons. The Morgan fingerprint density at radius 1 is 0.286 bits per heavy atom. The van der Waals surface area contributed by atoms with Gasteiger partial charge < -0.3 is 14.7 Å². The number of nitrogens with zero attached hydrogens (tertiary/aromatic N) is 3. The largest absolute Gasteiger partial charge is 0.335 e. The van der Waals surface area contributed by atoms with Crippen molar-refractivity contribution in [3.05, 3.63) is 229 Å². The maximum absolute atomic E-state index is 2.75. The highest BCUT2D eigenvalue weighted by Gasteiger charge is 2.56. The van der Waals surface area contributed by atoms with Gasteiger partial charge in [-0.1, -0.05) is 190 Å². The monoisotopic (exact) mass is 1280 g/mol. The molecule has 0 aromatic heterocycles. The average Bonchev–Trinajstić information content (AvgIpc) is 1.54. The van der Waals surface area contributed by atoms with Crippen LogP contribution in [0.1, 0.15) is 175 Å². The summed E-state index contributed by atoms with van der Waals surface area (Å²) >= 11 is 0. The van der Waals surface area contributed by atoms with Crippen molar-refractivity contribution in [2.45, 2.75) is 175 Å². The Kier molecular flexibility index (Phi) is 12.9. The van der Waals surface area contributed by atoms with Crippen LogP contribution in [0.15, 0.2) is 212 Å². The Morgan fingerprint density at radius 3 is 0.959 bits per heavy atom. The van der Waals surface area contributed by atoms with Crippen LogP contribution in [0.3, 0.4) is 0 Å². The normalized spacial score (nSPS) is 25.4. The first-order chi connectivity index (χ1) is 47.1. The minimum atomic E-state index is -0.0257. The molecule has 0 spiro atoms. The Morgan fingerprint density at radius 2 is 0.602 bits per heavy atom. The molecule has 3 aliphatic carbocycles. The van der Waals surface area contributed by atoms with Crippen LogP contribution in [-0.4, -0.2) is 16.6 Å². The van der Waals surface area contributed by atoms with Crippen molar-refractivity contribution in [2.24, 2.45) is 34.0 Å². The minimum Gasteiger partial charge on any atom is -0.335 e. The molecule has 3 saturated carbocycles. The fourth-order valence-corrected chi connectivity index (χ4v) is 21.9. The molecule has 98 heavy (non-hydrogen) atoms. The molecule has 0 amide bonds. The summed E-state index contributed by atoms with van der Waals surface area (Å²) in [5.74, 6) is 3.22.